The average Bonchev–Trinajstić information content (AvgIpc) is 2.90. The summed E-state index contributed by atoms with van der Waals surface area (Å²) in [7, 11) is 0. The topological polar surface area (TPSA) is 59.5 Å². The quantitative estimate of drug-likeness (QED) is 0.890. The minimum atomic E-state index is -0.172. The molecule has 1 amide bonds. The van der Waals surface area contributed by atoms with Crippen molar-refractivity contribution in [3.05, 3.63) is 59.0 Å². The maximum atomic E-state index is 12.4. The molecule has 0 aliphatic heterocycles. The first-order valence-corrected chi connectivity index (χ1v) is 6.87. The smallest absolute Gasteiger partial charge is 0.289 e. The van der Waals surface area contributed by atoms with Gasteiger partial charge in [0.2, 0.25) is 0 Å². The third-order valence-corrected chi connectivity index (χ3v) is 3.12. The lowest BCUT2D eigenvalue weighted by Crippen LogP contribution is -2.32. The normalized spacial score (nSPS) is 10.5. The van der Waals surface area contributed by atoms with Crippen molar-refractivity contribution in [1.29, 1.82) is 0 Å². The molecule has 20 heavy (non-hydrogen) atoms. The van der Waals surface area contributed by atoms with Crippen molar-refractivity contribution in [2.45, 2.75) is 13.0 Å². The Kier molecular flexibility index (Phi) is 5.21. The number of amides is 1. The second-order valence-corrected chi connectivity index (χ2v) is 4.83. The zero-order valence-electron chi connectivity index (χ0n) is 11.1. The second kappa shape index (κ2) is 7.12. The zero-order valence-corrected chi connectivity index (χ0v) is 11.8. The van der Waals surface area contributed by atoms with Gasteiger partial charge in [-0.15, -0.1) is 0 Å². The van der Waals surface area contributed by atoms with Crippen LogP contribution in [-0.4, -0.2) is 23.9 Å². The molecule has 106 valence electrons. The van der Waals surface area contributed by atoms with Crippen LogP contribution in [0, 0.1) is 0 Å². The van der Waals surface area contributed by atoms with Crippen molar-refractivity contribution in [3.8, 4) is 0 Å². The number of nitrogens with two attached hydrogens (primary N) is 1. The van der Waals surface area contributed by atoms with Gasteiger partial charge in [-0.05, 0) is 42.3 Å². The molecule has 0 unspecified atom stereocenters. The Hall–Kier alpha value is -1.78. The number of hydrogen-bond acceptors (Lipinski definition) is 3. The molecule has 1 aromatic heterocycles. The Morgan fingerprint density at radius 1 is 1.20 bits per heavy atom. The Morgan fingerprint density at radius 3 is 2.55 bits per heavy atom. The minimum absolute atomic E-state index is 0.172. The van der Waals surface area contributed by atoms with Crippen molar-refractivity contribution in [2.75, 3.05) is 13.1 Å². The summed E-state index contributed by atoms with van der Waals surface area (Å²) in [5.74, 6) is 0.0807. The Balaban J connectivity index is 2.12. The molecule has 2 N–H and O–H groups in total. The van der Waals surface area contributed by atoms with Crippen molar-refractivity contribution in [3.63, 3.8) is 0 Å². The van der Waals surface area contributed by atoms with Crippen molar-refractivity contribution < 1.29 is 9.21 Å². The van der Waals surface area contributed by atoms with Crippen LogP contribution in [0.5, 0.6) is 0 Å². The summed E-state index contributed by atoms with van der Waals surface area (Å²) in [6.45, 7) is 1.65. The fraction of sp³-hybridized carbons (Fsp3) is 0.267. The van der Waals surface area contributed by atoms with E-state index in [0.717, 1.165) is 12.0 Å². The first kappa shape index (κ1) is 14.6. The average molecular weight is 293 g/mol. The Morgan fingerprint density at radius 2 is 1.95 bits per heavy atom. The summed E-state index contributed by atoms with van der Waals surface area (Å²) in [4.78, 5) is 14.1. The summed E-state index contributed by atoms with van der Waals surface area (Å²) in [5.41, 5.74) is 6.60. The zero-order chi connectivity index (χ0) is 14.4. The highest BCUT2D eigenvalue weighted by Crippen LogP contribution is 2.16. The van der Waals surface area contributed by atoms with Crippen molar-refractivity contribution in [1.82, 2.24) is 4.90 Å². The highest BCUT2D eigenvalue weighted by molar-refractivity contribution is 6.29. The molecular formula is C15H17ClN2O2. The lowest BCUT2D eigenvalue weighted by molar-refractivity contribution is 0.0710. The van der Waals surface area contributed by atoms with Gasteiger partial charge in [0, 0.05) is 13.1 Å². The van der Waals surface area contributed by atoms with Crippen LogP contribution in [0.25, 0.3) is 0 Å². The number of rotatable bonds is 6. The van der Waals surface area contributed by atoms with Gasteiger partial charge >= 0.3 is 0 Å². The van der Waals surface area contributed by atoms with E-state index in [1.807, 2.05) is 30.3 Å². The molecule has 2 rings (SSSR count). The van der Waals surface area contributed by atoms with Crippen LogP contribution in [0.4, 0.5) is 0 Å². The molecule has 0 aliphatic carbocycles. The second-order valence-electron chi connectivity index (χ2n) is 4.46. The number of nitrogens with zero attached hydrogens (tertiary/aromatic N) is 1. The van der Waals surface area contributed by atoms with E-state index in [-0.39, 0.29) is 16.9 Å². The SMILES string of the molecule is NCCCN(Cc1ccccc1)C(=O)c1ccc(Cl)o1. The van der Waals surface area contributed by atoms with Gasteiger partial charge in [-0.2, -0.15) is 0 Å². The summed E-state index contributed by atoms with van der Waals surface area (Å²) in [6.07, 6.45) is 0.743. The lowest BCUT2D eigenvalue weighted by atomic mass is 10.2. The molecule has 0 atom stereocenters. The molecule has 0 aliphatic rings. The predicted molar refractivity (Wildman–Crippen MR) is 78.6 cm³/mol. The van der Waals surface area contributed by atoms with E-state index in [4.69, 9.17) is 21.8 Å². The molecule has 5 heteroatoms. The first-order chi connectivity index (χ1) is 9.70. The molecule has 1 aromatic carbocycles. The van der Waals surface area contributed by atoms with E-state index < -0.39 is 0 Å². The third kappa shape index (κ3) is 3.85. The van der Waals surface area contributed by atoms with Gasteiger partial charge in [0.05, 0.1) is 0 Å². The van der Waals surface area contributed by atoms with Gasteiger partial charge in [-0.1, -0.05) is 30.3 Å². The van der Waals surface area contributed by atoms with Gasteiger partial charge in [0.25, 0.3) is 5.91 Å². The standard InChI is InChI=1S/C15H17ClN2O2/c16-14-8-7-13(20-14)15(19)18(10-4-9-17)11-12-5-2-1-3-6-12/h1-3,5-8H,4,9-11,17H2. The minimum Gasteiger partial charge on any atom is -0.440 e. The number of halogens is 1. The molecule has 0 saturated heterocycles. The Labute approximate surface area is 123 Å². The van der Waals surface area contributed by atoms with Crippen molar-refractivity contribution >= 4 is 17.5 Å². The van der Waals surface area contributed by atoms with Crippen LogP contribution >= 0.6 is 11.6 Å². The molecule has 0 saturated carbocycles. The van der Waals surface area contributed by atoms with E-state index in [9.17, 15) is 4.79 Å². The fourth-order valence-corrected chi connectivity index (χ4v) is 2.07. The highest BCUT2D eigenvalue weighted by Gasteiger charge is 2.19. The summed E-state index contributed by atoms with van der Waals surface area (Å²) in [5, 5.41) is 0.215. The van der Waals surface area contributed by atoms with Crippen LogP contribution in [0.15, 0.2) is 46.9 Å². The van der Waals surface area contributed by atoms with Gasteiger partial charge in [-0.25, -0.2) is 0 Å². The van der Waals surface area contributed by atoms with Crippen LogP contribution in [0.2, 0.25) is 5.22 Å². The molecule has 4 nitrogen and oxygen atoms in total. The molecule has 0 bridgehead atoms. The molecule has 0 fully saturated rings. The van der Waals surface area contributed by atoms with Gasteiger partial charge in [0.15, 0.2) is 11.0 Å². The van der Waals surface area contributed by atoms with E-state index in [1.165, 1.54) is 0 Å². The van der Waals surface area contributed by atoms with Crippen LogP contribution < -0.4 is 5.73 Å². The molecule has 0 radical (unpaired) electrons. The number of carbonyl (C=O) groups is 1. The maximum Gasteiger partial charge on any atom is 0.289 e. The largest absolute Gasteiger partial charge is 0.440 e. The third-order valence-electron chi connectivity index (χ3n) is 2.92. The van der Waals surface area contributed by atoms with Crippen LogP contribution in [-0.2, 0) is 6.54 Å². The van der Waals surface area contributed by atoms with Gasteiger partial charge < -0.3 is 15.1 Å². The number of hydrogen-bond donors (Lipinski definition) is 1. The number of furan rings is 1. The van der Waals surface area contributed by atoms with E-state index >= 15 is 0 Å². The summed E-state index contributed by atoms with van der Waals surface area (Å²) in [6, 6.07) is 13.0. The van der Waals surface area contributed by atoms with E-state index in [0.29, 0.717) is 19.6 Å². The number of carbonyl (C=O) groups excluding carboxylic acids is 1. The van der Waals surface area contributed by atoms with Gasteiger partial charge in [0.1, 0.15) is 0 Å². The predicted octanol–water partition coefficient (Wildman–Crippen LogP) is 2.92. The number of benzene rings is 1. The summed E-state index contributed by atoms with van der Waals surface area (Å²) < 4.78 is 5.19. The molecule has 2 aromatic rings. The maximum absolute atomic E-state index is 12.4. The van der Waals surface area contributed by atoms with E-state index in [2.05, 4.69) is 0 Å². The van der Waals surface area contributed by atoms with Crippen LogP contribution in [0.3, 0.4) is 0 Å². The molecular weight excluding hydrogens is 276 g/mol. The fourth-order valence-electron chi connectivity index (χ4n) is 1.92. The summed E-state index contributed by atoms with van der Waals surface area (Å²) >= 11 is 5.72. The van der Waals surface area contributed by atoms with E-state index in [1.54, 1.807) is 17.0 Å². The first-order valence-electron chi connectivity index (χ1n) is 6.49. The molecule has 0 spiro atoms. The monoisotopic (exact) mass is 292 g/mol. The highest BCUT2D eigenvalue weighted by atomic mass is 35.5. The van der Waals surface area contributed by atoms with Gasteiger partial charge in [-0.3, -0.25) is 4.79 Å². The van der Waals surface area contributed by atoms with Crippen molar-refractivity contribution in [2.24, 2.45) is 5.73 Å². The Bertz CT molecular complexity index is 554. The van der Waals surface area contributed by atoms with Crippen LogP contribution in [0.1, 0.15) is 22.5 Å². The lowest BCUT2D eigenvalue weighted by Gasteiger charge is -2.21. The molecule has 1 heterocycles.